The number of nitrogens with one attached hydrogen (secondary N) is 1. The largest absolute Gasteiger partial charge is 0.389 e. The molecule has 0 spiro atoms. The number of amides is 1. The first-order chi connectivity index (χ1) is 9.90. The van der Waals surface area contributed by atoms with Gasteiger partial charge in [-0.15, -0.1) is 0 Å². The highest BCUT2D eigenvalue weighted by Gasteiger charge is 2.13. The van der Waals surface area contributed by atoms with Gasteiger partial charge in [-0.3, -0.25) is 4.79 Å². The summed E-state index contributed by atoms with van der Waals surface area (Å²) >= 11 is 7.97. The molecule has 0 saturated carbocycles. The minimum Gasteiger partial charge on any atom is -0.389 e. The lowest BCUT2D eigenvalue weighted by Gasteiger charge is -2.11. The number of anilines is 2. The zero-order valence-corrected chi connectivity index (χ0v) is 13.1. The van der Waals surface area contributed by atoms with Gasteiger partial charge in [-0.05, 0) is 52.3 Å². The fourth-order valence-corrected chi connectivity index (χ4v) is 2.57. The number of carbonyl (C=O) groups is 1. The minimum atomic E-state index is -0.517. The Morgan fingerprint density at radius 3 is 2.29 bits per heavy atom. The Labute approximate surface area is 134 Å². The fraction of sp³-hybridized carbons (Fsp3) is 0. The van der Waals surface area contributed by atoms with Crippen LogP contribution in [0.5, 0.6) is 0 Å². The Morgan fingerprint density at radius 2 is 1.76 bits per heavy atom. The maximum Gasteiger partial charge on any atom is 0.248 e. The van der Waals surface area contributed by atoms with E-state index < -0.39 is 11.7 Å². The van der Waals surface area contributed by atoms with Gasteiger partial charge >= 0.3 is 0 Å². The third-order valence-corrected chi connectivity index (χ3v) is 3.79. The van der Waals surface area contributed by atoms with Crippen LogP contribution >= 0.6 is 28.1 Å². The summed E-state index contributed by atoms with van der Waals surface area (Å²) in [5.74, 6) is -1.02. The number of halogens is 2. The third kappa shape index (κ3) is 3.37. The molecule has 0 radical (unpaired) electrons. The molecule has 0 aliphatic rings. The van der Waals surface area contributed by atoms with E-state index in [-0.39, 0.29) is 15.1 Å². The SMILES string of the molecule is NC(=O)c1ccc(Nc2ccc(C(N)=S)c(Br)c2F)cc1. The van der Waals surface area contributed by atoms with E-state index in [1.54, 1.807) is 30.3 Å². The molecule has 0 fully saturated rings. The van der Waals surface area contributed by atoms with Crippen LogP contribution in [0, 0.1) is 5.82 Å². The highest BCUT2D eigenvalue weighted by Crippen LogP contribution is 2.29. The van der Waals surface area contributed by atoms with Crippen LogP contribution in [-0.2, 0) is 0 Å². The van der Waals surface area contributed by atoms with E-state index in [9.17, 15) is 9.18 Å². The highest BCUT2D eigenvalue weighted by atomic mass is 79.9. The minimum absolute atomic E-state index is 0.109. The first-order valence-electron chi connectivity index (χ1n) is 5.85. The lowest BCUT2D eigenvalue weighted by molar-refractivity contribution is 0.100. The highest BCUT2D eigenvalue weighted by molar-refractivity contribution is 9.10. The van der Waals surface area contributed by atoms with E-state index in [1.165, 1.54) is 6.07 Å². The number of primary amides is 1. The molecule has 4 nitrogen and oxygen atoms in total. The molecule has 0 atom stereocenters. The van der Waals surface area contributed by atoms with E-state index in [2.05, 4.69) is 21.2 Å². The van der Waals surface area contributed by atoms with Crippen LogP contribution in [0.15, 0.2) is 40.9 Å². The molecule has 108 valence electrons. The summed E-state index contributed by atoms with van der Waals surface area (Å²) in [6.07, 6.45) is 0. The van der Waals surface area contributed by atoms with Crippen molar-refractivity contribution >= 4 is 50.4 Å². The number of benzene rings is 2. The van der Waals surface area contributed by atoms with Crippen LogP contribution in [-0.4, -0.2) is 10.9 Å². The van der Waals surface area contributed by atoms with E-state index in [4.69, 9.17) is 23.7 Å². The van der Waals surface area contributed by atoms with Gasteiger partial charge in [0.05, 0.1) is 10.2 Å². The van der Waals surface area contributed by atoms with Gasteiger partial charge < -0.3 is 16.8 Å². The smallest absolute Gasteiger partial charge is 0.248 e. The van der Waals surface area contributed by atoms with Crippen molar-refractivity contribution in [2.45, 2.75) is 0 Å². The van der Waals surface area contributed by atoms with Crippen LogP contribution < -0.4 is 16.8 Å². The van der Waals surface area contributed by atoms with E-state index >= 15 is 0 Å². The average molecular weight is 368 g/mol. The summed E-state index contributed by atoms with van der Waals surface area (Å²) < 4.78 is 14.4. The normalized spacial score (nSPS) is 10.2. The van der Waals surface area contributed by atoms with Crippen molar-refractivity contribution in [3.8, 4) is 0 Å². The molecule has 0 unspecified atom stereocenters. The maximum atomic E-state index is 14.2. The number of hydrogen-bond donors (Lipinski definition) is 3. The predicted molar refractivity (Wildman–Crippen MR) is 88.2 cm³/mol. The Morgan fingerprint density at radius 1 is 1.14 bits per heavy atom. The van der Waals surface area contributed by atoms with Gasteiger partial charge in [0.25, 0.3) is 0 Å². The number of carbonyl (C=O) groups excluding carboxylic acids is 1. The summed E-state index contributed by atoms with van der Waals surface area (Å²) in [5.41, 5.74) is 12.3. The van der Waals surface area contributed by atoms with Crippen molar-refractivity contribution in [2.75, 3.05) is 5.32 Å². The Kier molecular flexibility index (Phi) is 4.54. The maximum absolute atomic E-state index is 14.2. The summed E-state index contributed by atoms with van der Waals surface area (Å²) in [7, 11) is 0. The summed E-state index contributed by atoms with van der Waals surface area (Å²) in [5, 5.41) is 2.90. The van der Waals surface area contributed by atoms with Gasteiger partial charge in [0, 0.05) is 16.8 Å². The third-order valence-electron chi connectivity index (χ3n) is 2.80. The molecule has 21 heavy (non-hydrogen) atoms. The van der Waals surface area contributed by atoms with Crippen molar-refractivity contribution in [2.24, 2.45) is 11.5 Å². The van der Waals surface area contributed by atoms with E-state index in [0.717, 1.165) is 0 Å². The van der Waals surface area contributed by atoms with Crippen LogP contribution in [0.4, 0.5) is 15.8 Å². The quantitative estimate of drug-likeness (QED) is 0.725. The van der Waals surface area contributed by atoms with Gasteiger partial charge in [0.1, 0.15) is 4.99 Å². The summed E-state index contributed by atoms with van der Waals surface area (Å²) in [4.78, 5) is 11.1. The Bertz CT molecular complexity index is 719. The molecule has 5 N–H and O–H groups in total. The predicted octanol–water partition coefficient (Wildman–Crippen LogP) is 3.06. The van der Waals surface area contributed by atoms with Crippen molar-refractivity contribution in [3.05, 3.63) is 57.8 Å². The first-order valence-corrected chi connectivity index (χ1v) is 7.05. The fourth-order valence-electron chi connectivity index (χ4n) is 1.71. The molecule has 0 saturated heterocycles. The molecule has 7 heteroatoms. The summed E-state index contributed by atoms with van der Waals surface area (Å²) in [6, 6.07) is 9.54. The van der Waals surface area contributed by atoms with E-state index in [1.807, 2.05) is 0 Å². The summed E-state index contributed by atoms with van der Waals surface area (Å²) in [6.45, 7) is 0. The van der Waals surface area contributed by atoms with Gasteiger partial charge in [0.15, 0.2) is 5.82 Å². The molecule has 0 aromatic heterocycles. The van der Waals surface area contributed by atoms with Crippen LogP contribution in [0.25, 0.3) is 0 Å². The molecule has 2 rings (SSSR count). The number of rotatable bonds is 4. The molecular weight excluding hydrogens is 357 g/mol. The topological polar surface area (TPSA) is 81.1 Å². The van der Waals surface area contributed by atoms with Crippen LogP contribution in [0.3, 0.4) is 0 Å². The van der Waals surface area contributed by atoms with Gasteiger partial charge in [-0.25, -0.2) is 4.39 Å². The molecular formula is C14H11BrFN3OS. The molecule has 0 bridgehead atoms. The molecule has 2 aromatic carbocycles. The average Bonchev–Trinajstić information content (AvgIpc) is 2.44. The number of nitrogens with two attached hydrogens (primary N) is 2. The lowest BCUT2D eigenvalue weighted by atomic mass is 10.1. The molecule has 0 aliphatic carbocycles. The monoisotopic (exact) mass is 367 g/mol. The Balaban J connectivity index is 2.29. The van der Waals surface area contributed by atoms with Crippen LogP contribution in [0.1, 0.15) is 15.9 Å². The van der Waals surface area contributed by atoms with Gasteiger partial charge in [-0.1, -0.05) is 12.2 Å². The molecule has 1 amide bonds. The molecule has 0 aliphatic heterocycles. The zero-order valence-electron chi connectivity index (χ0n) is 10.7. The van der Waals surface area contributed by atoms with Crippen molar-refractivity contribution in [1.29, 1.82) is 0 Å². The zero-order chi connectivity index (χ0) is 15.6. The molecule has 2 aromatic rings. The van der Waals surface area contributed by atoms with E-state index in [0.29, 0.717) is 16.8 Å². The standard InChI is InChI=1S/C14H11BrFN3OS/c15-11-9(14(18)21)5-6-10(12(11)16)19-8-3-1-7(2-4-8)13(17)20/h1-6,19H,(H2,17,20)(H2,18,21). The van der Waals surface area contributed by atoms with Gasteiger partial charge in [0.2, 0.25) is 5.91 Å². The number of thiocarbonyl (C=S) groups is 1. The number of hydrogen-bond acceptors (Lipinski definition) is 3. The second kappa shape index (κ2) is 6.19. The Hall–Kier alpha value is -1.99. The second-order valence-electron chi connectivity index (χ2n) is 4.22. The second-order valence-corrected chi connectivity index (χ2v) is 5.45. The van der Waals surface area contributed by atoms with Crippen molar-refractivity contribution in [1.82, 2.24) is 0 Å². The van der Waals surface area contributed by atoms with Crippen molar-refractivity contribution < 1.29 is 9.18 Å². The first kappa shape index (κ1) is 15.4. The lowest BCUT2D eigenvalue weighted by Crippen LogP contribution is -2.11. The molecule has 0 heterocycles. The van der Waals surface area contributed by atoms with Crippen molar-refractivity contribution in [3.63, 3.8) is 0 Å². The van der Waals surface area contributed by atoms with Crippen LogP contribution in [0.2, 0.25) is 0 Å². The van der Waals surface area contributed by atoms with Gasteiger partial charge in [-0.2, -0.15) is 0 Å².